The Kier molecular flexibility index (Phi) is 6.08. The van der Waals surface area contributed by atoms with Crippen LogP contribution in [0.4, 0.5) is 0 Å². The Morgan fingerprint density at radius 1 is 1.23 bits per heavy atom. The number of carbonyl (C=O) groups excluding carboxylic acids is 2. The molecule has 138 valence electrons. The lowest BCUT2D eigenvalue weighted by Gasteiger charge is -2.12. The van der Waals surface area contributed by atoms with Crippen LogP contribution in [0.15, 0.2) is 34.9 Å². The molecule has 0 aliphatic heterocycles. The fraction of sp³-hybridized carbons (Fsp3) is 0.421. The van der Waals surface area contributed by atoms with E-state index in [1.54, 1.807) is 10.9 Å². The van der Waals surface area contributed by atoms with Crippen molar-refractivity contribution in [3.05, 3.63) is 46.2 Å². The largest absolute Gasteiger partial charge is 0.353 e. The van der Waals surface area contributed by atoms with Crippen LogP contribution in [-0.4, -0.2) is 34.2 Å². The molecule has 1 heterocycles. The third-order valence-electron chi connectivity index (χ3n) is 4.68. The van der Waals surface area contributed by atoms with Gasteiger partial charge in [0, 0.05) is 23.5 Å². The standard InChI is InChI=1S/C19H23BrN4O2/c1-13-17(12-22-24(13)16-8-6-14(20)7-9-16)19(26)21-11-10-18(25)23-15-4-2-3-5-15/h6-9,12,15H,2-5,10-11H2,1H3,(H,21,26)(H,23,25). The number of amides is 2. The zero-order chi connectivity index (χ0) is 18.5. The topological polar surface area (TPSA) is 76.0 Å². The fourth-order valence-electron chi connectivity index (χ4n) is 3.23. The molecule has 0 spiro atoms. The molecule has 7 heteroatoms. The smallest absolute Gasteiger partial charge is 0.254 e. The van der Waals surface area contributed by atoms with E-state index in [1.165, 1.54) is 12.8 Å². The number of hydrogen-bond donors (Lipinski definition) is 2. The van der Waals surface area contributed by atoms with E-state index >= 15 is 0 Å². The molecule has 1 saturated carbocycles. The quantitative estimate of drug-likeness (QED) is 0.756. The van der Waals surface area contributed by atoms with Crippen LogP contribution < -0.4 is 10.6 Å². The average molecular weight is 419 g/mol. The van der Waals surface area contributed by atoms with Crippen LogP contribution in [0.1, 0.15) is 48.2 Å². The van der Waals surface area contributed by atoms with Crippen molar-refractivity contribution in [2.45, 2.75) is 45.1 Å². The molecule has 2 N–H and O–H groups in total. The van der Waals surface area contributed by atoms with E-state index in [1.807, 2.05) is 31.2 Å². The van der Waals surface area contributed by atoms with Gasteiger partial charge in [-0.05, 0) is 44.0 Å². The summed E-state index contributed by atoms with van der Waals surface area (Å²) in [5.41, 5.74) is 2.17. The van der Waals surface area contributed by atoms with Crippen molar-refractivity contribution in [1.82, 2.24) is 20.4 Å². The molecule has 1 aliphatic rings. The highest BCUT2D eigenvalue weighted by atomic mass is 79.9. The fourth-order valence-corrected chi connectivity index (χ4v) is 3.49. The van der Waals surface area contributed by atoms with E-state index in [-0.39, 0.29) is 11.8 Å². The maximum absolute atomic E-state index is 12.4. The molecule has 0 radical (unpaired) electrons. The normalized spacial score (nSPS) is 14.4. The van der Waals surface area contributed by atoms with Gasteiger partial charge >= 0.3 is 0 Å². The summed E-state index contributed by atoms with van der Waals surface area (Å²) in [6.07, 6.45) is 6.35. The SMILES string of the molecule is Cc1c(C(=O)NCCC(=O)NC2CCCC2)cnn1-c1ccc(Br)cc1. The van der Waals surface area contributed by atoms with Crippen LogP contribution in [0.3, 0.4) is 0 Å². The third-order valence-corrected chi connectivity index (χ3v) is 5.21. The number of carbonyl (C=O) groups is 2. The predicted molar refractivity (Wildman–Crippen MR) is 103 cm³/mol. The zero-order valence-electron chi connectivity index (χ0n) is 14.8. The van der Waals surface area contributed by atoms with Gasteiger partial charge in [-0.2, -0.15) is 5.10 Å². The molecular weight excluding hydrogens is 396 g/mol. The lowest BCUT2D eigenvalue weighted by Crippen LogP contribution is -2.35. The van der Waals surface area contributed by atoms with Gasteiger partial charge in [-0.3, -0.25) is 9.59 Å². The maximum Gasteiger partial charge on any atom is 0.254 e. The first-order chi connectivity index (χ1) is 12.5. The van der Waals surface area contributed by atoms with Gasteiger partial charge in [0.1, 0.15) is 0 Å². The summed E-state index contributed by atoms with van der Waals surface area (Å²) >= 11 is 3.41. The van der Waals surface area contributed by atoms with Crippen LogP contribution in [0, 0.1) is 6.92 Å². The lowest BCUT2D eigenvalue weighted by molar-refractivity contribution is -0.121. The van der Waals surface area contributed by atoms with Crippen LogP contribution >= 0.6 is 15.9 Å². The van der Waals surface area contributed by atoms with Crippen molar-refractivity contribution in [3.63, 3.8) is 0 Å². The first-order valence-corrected chi connectivity index (χ1v) is 9.72. The van der Waals surface area contributed by atoms with Crippen molar-refractivity contribution < 1.29 is 9.59 Å². The van der Waals surface area contributed by atoms with E-state index in [9.17, 15) is 9.59 Å². The Labute approximate surface area is 161 Å². The summed E-state index contributed by atoms with van der Waals surface area (Å²) < 4.78 is 2.72. The average Bonchev–Trinajstić information content (AvgIpc) is 3.25. The maximum atomic E-state index is 12.4. The van der Waals surface area contributed by atoms with Gasteiger partial charge in [0.2, 0.25) is 5.91 Å². The summed E-state index contributed by atoms with van der Waals surface area (Å²) in [5, 5.41) is 10.1. The van der Waals surface area contributed by atoms with Gasteiger partial charge < -0.3 is 10.6 Å². The molecule has 2 aromatic rings. The van der Waals surface area contributed by atoms with Crippen LogP contribution in [0.25, 0.3) is 5.69 Å². The summed E-state index contributed by atoms with van der Waals surface area (Å²) in [4.78, 5) is 24.3. The minimum absolute atomic E-state index is 0.000482. The second kappa shape index (κ2) is 8.49. The molecular formula is C19H23BrN4O2. The number of hydrogen-bond acceptors (Lipinski definition) is 3. The van der Waals surface area contributed by atoms with Crippen LogP contribution in [0.5, 0.6) is 0 Å². The number of nitrogens with zero attached hydrogens (tertiary/aromatic N) is 2. The van der Waals surface area contributed by atoms with E-state index in [0.717, 1.165) is 28.7 Å². The van der Waals surface area contributed by atoms with Crippen molar-refractivity contribution >= 4 is 27.7 Å². The number of benzene rings is 1. The number of nitrogens with one attached hydrogen (secondary N) is 2. The highest BCUT2D eigenvalue weighted by molar-refractivity contribution is 9.10. The zero-order valence-corrected chi connectivity index (χ0v) is 16.4. The predicted octanol–water partition coefficient (Wildman–Crippen LogP) is 3.12. The Morgan fingerprint density at radius 3 is 2.62 bits per heavy atom. The molecule has 1 fully saturated rings. The van der Waals surface area contributed by atoms with Crippen molar-refractivity contribution in [2.24, 2.45) is 0 Å². The minimum atomic E-state index is -0.209. The minimum Gasteiger partial charge on any atom is -0.353 e. The molecule has 0 saturated heterocycles. The van der Waals surface area contributed by atoms with Crippen LogP contribution in [-0.2, 0) is 4.79 Å². The Morgan fingerprint density at radius 2 is 1.92 bits per heavy atom. The third kappa shape index (κ3) is 4.52. The van der Waals surface area contributed by atoms with Crippen LogP contribution in [0.2, 0.25) is 0 Å². The molecule has 0 unspecified atom stereocenters. The summed E-state index contributed by atoms with van der Waals surface area (Å²) in [7, 11) is 0. The number of halogens is 1. The van der Waals surface area contributed by atoms with Gasteiger partial charge in [0.15, 0.2) is 0 Å². The van der Waals surface area contributed by atoms with E-state index in [4.69, 9.17) is 0 Å². The second-order valence-electron chi connectivity index (χ2n) is 6.59. The Balaban J connectivity index is 1.53. The van der Waals surface area contributed by atoms with Gasteiger partial charge in [-0.1, -0.05) is 28.8 Å². The number of aromatic nitrogens is 2. The second-order valence-corrected chi connectivity index (χ2v) is 7.50. The highest BCUT2D eigenvalue weighted by Crippen LogP contribution is 2.18. The first kappa shape index (κ1) is 18.6. The van der Waals surface area contributed by atoms with Crippen molar-refractivity contribution in [1.29, 1.82) is 0 Å². The van der Waals surface area contributed by atoms with Gasteiger partial charge in [0.05, 0.1) is 23.1 Å². The molecule has 26 heavy (non-hydrogen) atoms. The molecule has 0 bridgehead atoms. The van der Waals surface area contributed by atoms with E-state index in [2.05, 4.69) is 31.7 Å². The first-order valence-electron chi connectivity index (χ1n) is 8.92. The van der Waals surface area contributed by atoms with E-state index in [0.29, 0.717) is 24.6 Å². The molecule has 0 atom stereocenters. The van der Waals surface area contributed by atoms with Gasteiger partial charge in [0.25, 0.3) is 5.91 Å². The summed E-state index contributed by atoms with van der Waals surface area (Å²) in [6, 6.07) is 8.03. The van der Waals surface area contributed by atoms with Crippen molar-refractivity contribution in [2.75, 3.05) is 6.54 Å². The van der Waals surface area contributed by atoms with Crippen molar-refractivity contribution in [3.8, 4) is 5.69 Å². The summed E-state index contributed by atoms with van der Waals surface area (Å²) in [6.45, 7) is 2.18. The lowest BCUT2D eigenvalue weighted by atomic mass is 10.2. The molecule has 1 aromatic heterocycles. The number of rotatable bonds is 6. The molecule has 3 rings (SSSR count). The summed E-state index contributed by atoms with van der Waals surface area (Å²) in [5.74, 6) is -0.209. The Bertz CT molecular complexity index is 779. The monoisotopic (exact) mass is 418 g/mol. The van der Waals surface area contributed by atoms with Gasteiger partial charge in [-0.25, -0.2) is 4.68 Å². The van der Waals surface area contributed by atoms with Gasteiger partial charge in [-0.15, -0.1) is 0 Å². The van der Waals surface area contributed by atoms with E-state index < -0.39 is 0 Å². The Hall–Kier alpha value is -2.15. The molecule has 1 aromatic carbocycles. The molecule has 2 amide bonds. The molecule has 1 aliphatic carbocycles. The highest BCUT2D eigenvalue weighted by Gasteiger charge is 2.18. The molecule has 6 nitrogen and oxygen atoms in total.